The maximum absolute atomic E-state index is 12.8. The highest BCUT2D eigenvalue weighted by atomic mass is 16.5. The lowest BCUT2D eigenvalue weighted by Gasteiger charge is -2.19. The lowest BCUT2D eigenvalue weighted by Crippen LogP contribution is -2.28. The van der Waals surface area contributed by atoms with Crippen LogP contribution in [-0.2, 0) is 11.8 Å². The Morgan fingerprint density at radius 3 is 2.34 bits per heavy atom. The van der Waals surface area contributed by atoms with Crippen LogP contribution in [0.5, 0.6) is 11.5 Å². The van der Waals surface area contributed by atoms with E-state index in [1.165, 1.54) is 0 Å². The molecule has 0 saturated heterocycles. The number of hydrogen-bond donors (Lipinski definition) is 1. The first-order valence-electron chi connectivity index (χ1n) is 9.96. The molecule has 0 fully saturated rings. The van der Waals surface area contributed by atoms with Gasteiger partial charge >= 0.3 is 0 Å². The Bertz CT molecular complexity index is 969. The molecule has 1 N–H and O–H groups in total. The third kappa shape index (κ3) is 4.73. The van der Waals surface area contributed by atoms with Crippen LogP contribution >= 0.6 is 0 Å². The summed E-state index contributed by atoms with van der Waals surface area (Å²) in [7, 11) is 5.32. The minimum absolute atomic E-state index is 0.0402. The zero-order valence-corrected chi connectivity index (χ0v) is 17.9. The molecule has 5 heteroatoms. The number of nitrogens with zero attached hydrogens (tertiary/aromatic N) is 1. The van der Waals surface area contributed by atoms with Gasteiger partial charge in [0.2, 0.25) is 5.91 Å². The standard InChI is InChI=1S/C24H30N2O3/c1-16(2)14-25-24(27)13-21(17-10-18(28-4)12-19(11-17)29-5)22-15-26(3)23-9-7-6-8-20(22)23/h6-12,15-16,21H,13-14H2,1-5H3,(H,25,27). The number of ether oxygens (including phenoxy) is 2. The van der Waals surface area contributed by atoms with Gasteiger partial charge in [-0.25, -0.2) is 0 Å². The first kappa shape index (κ1) is 20.8. The quantitative estimate of drug-likeness (QED) is 0.612. The van der Waals surface area contributed by atoms with Crippen molar-refractivity contribution in [3.05, 3.63) is 59.8 Å². The van der Waals surface area contributed by atoms with Crippen LogP contribution in [0.4, 0.5) is 0 Å². The van der Waals surface area contributed by atoms with Crippen LogP contribution in [0.25, 0.3) is 10.9 Å². The van der Waals surface area contributed by atoms with Gasteiger partial charge in [0.05, 0.1) is 14.2 Å². The highest BCUT2D eigenvalue weighted by Gasteiger charge is 2.23. The van der Waals surface area contributed by atoms with E-state index >= 15 is 0 Å². The smallest absolute Gasteiger partial charge is 0.220 e. The molecule has 1 amide bonds. The molecule has 0 bridgehead atoms. The van der Waals surface area contributed by atoms with Gasteiger partial charge in [-0.15, -0.1) is 0 Å². The lowest BCUT2D eigenvalue weighted by molar-refractivity contribution is -0.121. The zero-order chi connectivity index (χ0) is 21.0. The number of nitrogens with one attached hydrogen (secondary N) is 1. The fourth-order valence-corrected chi connectivity index (χ4v) is 3.66. The number of hydrogen-bond acceptors (Lipinski definition) is 3. The van der Waals surface area contributed by atoms with Crippen molar-refractivity contribution >= 4 is 16.8 Å². The Hall–Kier alpha value is -2.95. The molecular weight excluding hydrogens is 364 g/mol. The Kier molecular flexibility index (Phi) is 6.47. The summed E-state index contributed by atoms with van der Waals surface area (Å²) >= 11 is 0. The van der Waals surface area contributed by atoms with Crippen LogP contribution in [0.3, 0.4) is 0 Å². The largest absolute Gasteiger partial charge is 0.497 e. The number of amides is 1. The lowest BCUT2D eigenvalue weighted by atomic mass is 9.87. The third-order valence-corrected chi connectivity index (χ3v) is 5.18. The summed E-state index contributed by atoms with van der Waals surface area (Å²) in [5.41, 5.74) is 3.26. The molecule has 2 aromatic carbocycles. The summed E-state index contributed by atoms with van der Waals surface area (Å²) in [5, 5.41) is 4.21. The normalized spacial score (nSPS) is 12.2. The van der Waals surface area contributed by atoms with Crippen LogP contribution in [0.2, 0.25) is 0 Å². The SMILES string of the molecule is COc1cc(OC)cc(C(CC(=O)NCC(C)C)c2cn(C)c3ccccc23)c1. The van der Waals surface area contributed by atoms with Gasteiger partial charge in [-0.3, -0.25) is 4.79 Å². The molecule has 0 aliphatic rings. The molecule has 1 heterocycles. The second-order valence-corrected chi connectivity index (χ2v) is 7.81. The Labute approximate surface area is 172 Å². The van der Waals surface area contributed by atoms with Gasteiger partial charge in [0.25, 0.3) is 0 Å². The average molecular weight is 395 g/mol. The molecule has 3 aromatic rings. The second kappa shape index (κ2) is 9.03. The van der Waals surface area contributed by atoms with Crippen molar-refractivity contribution in [2.45, 2.75) is 26.2 Å². The van der Waals surface area contributed by atoms with E-state index in [2.05, 4.69) is 42.1 Å². The van der Waals surface area contributed by atoms with Crippen LogP contribution in [-0.4, -0.2) is 31.2 Å². The summed E-state index contributed by atoms with van der Waals surface area (Å²) in [6.07, 6.45) is 2.48. The maximum Gasteiger partial charge on any atom is 0.220 e. The molecular formula is C24H30N2O3. The molecule has 1 unspecified atom stereocenters. The van der Waals surface area contributed by atoms with Gasteiger partial charge in [-0.1, -0.05) is 32.0 Å². The molecule has 29 heavy (non-hydrogen) atoms. The first-order valence-corrected chi connectivity index (χ1v) is 9.96. The number of fused-ring (bicyclic) bond motifs is 1. The number of carbonyl (C=O) groups is 1. The highest BCUT2D eigenvalue weighted by molar-refractivity contribution is 5.86. The van der Waals surface area contributed by atoms with Crippen molar-refractivity contribution in [1.29, 1.82) is 0 Å². The van der Waals surface area contributed by atoms with Gasteiger partial charge in [0, 0.05) is 49.1 Å². The number of aryl methyl sites for hydroxylation is 1. The van der Waals surface area contributed by atoms with Crippen LogP contribution in [0.1, 0.15) is 37.3 Å². The van der Waals surface area contributed by atoms with Crippen LogP contribution < -0.4 is 14.8 Å². The molecule has 1 atom stereocenters. The van der Waals surface area contributed by atoms with E-state index in [1.54, 1.807) is 14.2 Å². The summed E-state index contributed by atoms with van der Waals surface area (Å²) < 4.78 is 13.1. The minimum Gasteiger partial charge on any atom is -0.497 e. The number of aromatic nitrogens is 1. The molecule has 5 nitrogen and oxygen atoms in total. The van der Waals surface area contributed by atoms with Crippen LogP contribution in [0, 0.1) is 5.92 Å². The van der Waals surface area contributed by atoms with Gasteiger partial charge in [0.1, 0.15) is 11.5 Å². The van der Waals surface area contributed by atoms with E-state index in [4.69, 9.17) is 9.47 Å². The molecule has 0 saturated carbocycles. The van der Waals surface area contributed by atoms with E-state index in [0.717, 1.165) is 22.0 Å². The number of benzene rings is 2. The predicted octanol–water partition coefficient (Wildman–Crippen LogP) is 4.49. The van der Waals surface area contributed by atoms with E-state index < -0.39 is 0 Å². The minimum atomic E-state index is -0.114. The van der Waals surface area contributed by atoms with E-state index in [0.29, 0.717) is 30.4 Å². The summed E-state index contributed by atoms with van der Waals surface area (Å²) in [6, 6.07) is 14.1. The number of methoxy groups -OCH3 is 2. The second-order valence-electron chi connectivity index (χ2n) is 7.81. The predicted molar refractivity (Wildman–Crippen MR) is 117 cm³/mol. The third-order valence-electron chi connectivity index (χ3n) is 5.18. The summed E-state index contributed by atoms with van der Waals surface area (Å²) in [6.45, 7) is 4.85. The van der Waals surface area contributed by atoms with Crippen molar-refractivity contribution in [3.63, 3.8) is 0 Å². The zero-order valence-electron chi connectivity index (χ0n) is 17.9. The Morgan fingerprint density at radius 1 is 1.07 bits per heavy atom. The Balaban J connectivity index is 2.08. The molecule has 0 aliphatic carbocycles. The fraction of sp³-hybridized carbons (Fsp3) is 0.375. The topological polar surface area (TPSA) is 52.5 Å². The molecule has 154 valence electrons. The monoisotopic (exact) mass is 394 g/mol. The van der Waals surface area contributed by atoms with Crippen molar-refractivity contribution in [2.75, 3.05) is 20.8 Å². The molecule has 0 radical (unpaired) electrons. The molecule has 3 rings (SSSR count). The van der Waals surface area contributed by atoms with Crippen LogP contribution in [0.15, 0.2) is 48.7 Å². The van der Waals surface area contributed by atoms with Gasteiger partial charge < -0.3 is 19.4 Å². The highest BCUT2D eigenvalue weighted by Crippen LogP contribution is 2.37. The fourth-order valence-electron chi connectivity index (χ4n) is 3.66. The van der Waals surface area contributed by atoms with Crippen molar-refractivity contribution in [2.24, 2.45) is 13.0 Å². The van der Waals surface area contributed by atoms with Gasteiger partial charge in [-0.2, -0.15) is 0 Å². The van der Waals surface area contributed by atoms with E-state index in [-0.39, 0.29) is 11.8 Å². The molecule has 0 spiro atoms. The van der Waals surface area contributed by atoms with Gasteiger partial charge in [0.15, 0.2) is 0 Å². The summed E-state index contributed by atoms with van der Waals surface area (Å²) in [4.78, 5) is 12.8. The number of para-hydroxylation sites is 1. The Morgan fingerprint density at radius 2 is 1.72 bits per heavy atom. The average Bonchev–Trinajstić information content (AvgIpc) is 3.06. The summed E-state index contributed by atoms with van der Waals surface area (Å²) in [5.74, 6) is 1.77. The number of rotatable bonds is 8. The molecule has 1 aromatic heterocycles. The molecule has 0 aliphatic heterocycles. The van der Waals surface area contributed by atoms with Crippen molar-refractivity contribution in [3.8, 4) is 11.5 Å². The van der Waals surface area contributed by atoms with Crippen molar-refractivity contribution < 1.29 is 14.3 Å². The van der Waals surface area contributed by atoms with Gasteiger partial charge in [-0.05, 0) is 35.2 Å². The first-order chi connectivity index (χ1) is 13.9. The van der Waals surface area contributed by atoms with E-state index in [1.807, 2.05) is 37.4 Å². The van der Waals surface area contributed by atoms with Crippen molar-refractivity contribution in [1.82, 2.24) is 9.88 Å². The maximum atomic E-state index is 12.8. The van der Waals surface area contributed by atoms with E-state index in [9.17, 15) is 4.79 Å². The number of carbonyl (C=O) groups excluding carboxylic acids is 1.